The van der Waals surface area contributed by atoms with Gasteiger partial charge in [0.1, 0.15) is 0 Å². The van der Waals surface area contributed by atoms with E-state index in [1.54, 1.807) is 0 Å². The average molecular weight is 233 g/mol. The van der Waals surface area contributed by atoms with Gasteiger partial charge in [-0.3, -0.25) is 4.98 Å². The number of hydrogen-bond acceptors (Lipinski definition) is 2. The monoisotopic (exact) mass is 233 g/mol. The van der Waals surface area contributed by atoms with E-state index in [2.05, 4.69) is 4.98 Å². The summed E-state index contributed by atoms with van der Waals surface area (Å²) >= 11 is 0. The van der Waals surface area contributed by atoms with E-state index in [1.807, 2.05) is 0 Å². The van der Waals surface area contributed by atoms with Crippen molar-refractivity contribution in [2.45, 2.75) is 32.5 Å². The molecule has 0 aromatic carbocycles. The highest BCUT2D eigenvalue weighted by molar-refractivity contribution is 5.19. The van der Waals surface area contributed by atoms with E-state index in [0.29, 0.717) is 0 Å². The van der Waals surface area contributed by atoms with Gasteiger partial charge in [-0.25, -0.2) is 0 Å². The molecule has 0 aliphatic heterocycles. The van der Waals surface area contributed by atoms with Gasteiger partial charge in [0.2, 0.25) is 5.60 Å². The maximum absolute atomic E-state index is 13.0. The third-order valence-electron chi connectivity index (χ3n) is 2.53. The standard InChI is InChI=1S/C11H14F3NO/c1-9(2,3)10(16,11(12,13)14)8-6-4-5-7-15-8/h4-7,16H,1-3H3. The fourth-order valence-corrected chi connectivity index (χ4v) is 1.53. The first-order chi connectivity index (χ1) is 7.11. The largest absolute Gasteiger partial charge is 0.423 e. The van der Waals surface area contributed by atoms with Crippen LogP contribution in [0.25, 0.3) is 0 Å². The number of halogens is 3. The van der Waals surface area contributed by atoms with Crippen molar-refractivity contribution in [2.75, 3.05) is 0 Å². The number of aromatic nitrogens is 1. The summed E-state index contributed by atoms with van der Waals surface area (Å²) in [6.07, 6.45) is -3.53. The van der Waals surface area contributed by atoms with Gasteiger partial charge in [-0.1, -0.05) is 26.8 Å². The summed E-state index contributed by atoms with van der Waals surface area (Å²) in [4.78, 5) is 3.61. The van der Waals surface area contributed by atoms with Crippen LogP contribution in [-0.4, -0.2) is 16.3 Å². The molecule has 1 aromatic heterocycles. The zero-order chi connectivity index (χ0) is 12.6. The summed E-state index contributed by atoms with van der Waals surface area (Å²) in [5.74, 6) is 0. The maximum Gasteiger partial charge on any atom is 0.423 e. The van der Waals surface area contributed by atoms with Crippen molar-refractivity contribution in [1.29, 1.82) is 0 Å². The van der Waals surface area contributed by atoms with E-state index in [0.717, 1.165) is 0 Å². The Morgan fingerprint density at radius 3 is 2.00 bits per heavy atom. The van der Waals surface area contributed by atoms with Crippen LogP contribution in [0.2, 0.25) is 0 Å². The minimum absolute atomic E-state index is 0.380. The average Bonchev–Trinajstić information content (AvgIpc) is 2.14. The molecule has 1 aromatic rings. The molecule has 0 radical (unpaired) electrons. The van der Waals surface area contributed by atoms with Gasteiger partial charge in [-0.2, -0.15) is 13.2 Å². The molecule has 0 saturated heterocycles. The minimum Gasteiger partial charge on any atom is -0.375 e. The molecule has 0 fully saturated rings. The van der Waals surface area contributed by atoms with Gasteiger partial charge >= 0.3 is 6.18 Å². The quantitative estimate of drug-likeness (QED) is 0.809. The SMILES string of the molecule is CC(C)(C)C(O)(c1ccccn1)C(F)(F)F. The molecule has 1 atom stereocenters. The van der Waals surface area contributed by atoms with Crippen molar-refractivity contribution < 1.29 is 18.3 Å². The van der Waals surface area contributed by atoms with Crippen molar-refractivity contribution in [3.05, 3.63) is 30.1 Å². The summed E-state index contributed by atoms with van der Waals surface area (Å²) in [5.41, 5.74) is -4.71. The van der Waals surface area contributed by atoms with E-state index < -0.39 is 17.2 Å². The predicted molar refractivity (Wildman–Crippen MR) is 53.6 cm³/mol. The topological polar surface area (TPSA) is 33.1 Å². The van der Waals surface area contributed by atoms with Crippen LogP contribution in [0.1, 0.15) is 26.5 Å². The molecule has 0 bridgehead atoms. The van der Waals surface area contributed by atoms with E-state index >= 15 is 0 Å². The molecule has 0 spiro atoms. The molecular weight excluding hydrogens is 219 g/mol. The maximum atomic E-state index is 13.0. The lowest BCUT2D eigenvalue weighted by atomic mass is 9.73. The Labute approximate surface area is 92.1 Å². The molecule has 90 valence electrons. The van der Waals surface area contributed by atoms with Crippen molar-refractivity contribution in [3.8, 4) is 0 Å². The summed E-state index contributed by atoms with van der Waals surface area (Å²) in [6.45, 7) is 3.99. The van der Waals surface area contributed by atoms with Crippen molar-refractivity contribution in [3.63, 3.8) is 0 Å². The second-order valence-corrected chi connectivity index (χ2v) is 4.67. The van der Waals surface area contributed by atoms with Crippen LogP contribution in [-0.2, 0) is 5.60 Å². The first-order valence-corrected chi connectivity index (χ1v) is 4.81. The summed E-state index contributed by atoms with van der Waals surface area (Å²) in [5, 5.41) is 9.97. The Morgan fingerprint density at radius 1 is 1.12 bits per heavy atom. The fourth-order valence-electron chi connectivity index (χ4n) is 1.53. The Bertz CT molecular complexity index is 340. The van der Waals surface area contributed by atoms with Gasteiger partial charge in [0.15, 0.2) is 0 Å². The van der Waals surface area contributed by atoms with Crippen LogP contribution in [0.15, 0.2) is 24.4 Å². The Hall–Kier alpha value is -1.10. The summed E-state index contributed by atoms with van der Waals surface area (Å²) in [7, 11) is 0. The molecule has 0 aliphatic rings. The predicted octanol–water partition coefficient (Wildman–Crippen LogP) is 2.88. The number of aliphatic hydroxyl groups is 1. The molecule has 0 amide bonds. The van der Waals surface area contributed by atoms with Crippen molar-refractivity contribution >= 4 is 0 Å². The van der Waals surface area contributed by atoms with Crippen LogP contribution < -0.4 is 0 Å². The van der Waals surface area contributed by atoms with Crippen LogP contribution >= 0.6 is 0 Å². The highest BCUT2D eigenvalue weighted by Crippen LogP contribution is 2.49. The lowest BCUT2D eigenvalue weighted by Gasteiger charge is -2.40. The Morgan fingerprint density at radius 2 is 1.69 bits per heavy atom. The van der Waals surface area contributed by atoms with Gasteiger partial charge in [0.05, 0.1) is 5.69 Å². The number of pyridine rings is 1. The van der Waals surface area contributed by atoms with Crippen LogP contribution in [0.4, 0.5) is 13.2 Å². The van der Waals surface area contributed by atoms with E-state index in [-0.39, 0.29) is 5.69 Å². The molecule has 1 N–H and O–H groups in total. The number of hydrogen-bond donors (Lipinski definition) is 1. The molecule has 5 heteroatoms. The normalized spacial score (nSPS) is 16.9. The zero-order valence-electron chi connectivity index (χ0n) is 9.34. The lowest BCUT2D eigenvalue weighted by molar-refractivity contribution is -0.303. The van der Waals surface area contributed by atoms with Gasteiger partial charge in [-0.05, 0) is 12.1 Å². The molecule has 1 rings (SSSR count). The molecule has 0 saturated carbocycles. The third-order valence-corrected chi connectivity index (χ3v) is 2.53. The fraction of sp³-hybridized carbons (Fsp3) is 0.545. The molecule has 16 heavy (non-hydrogen) atoms. The van der Waals surface area contributed by atoms with E-state index in [9.17, 15) is 18.3 Å². The van der Waals surface area contributed by atoms with Gasteiger partial charge in [0.25, 0.3) is 0 Å². The third kappa shape index (κ3) is 1.91. The Balaban J connectivity index is 3.39. The van der Waals surface area contributed by atoms with Crippen LogP contribution in [0.5, 0.6) is 0 Å². The van der Waals surface area contributed by atoms with E-state index in [1.165, 1.54) is 45.2 Å². The molecule has 1 heterocycles. The van der Waals surface area contributed by atoms with Crippen LogP contribution in [0, 0.1) is 5.41 Å². The molecule has 1 unspecified atom stereocenters. The first-order valence-electron chi connectivity index (χ1n) is 4.81. The number of alkyl halides is 3. The highest BCUT2D eigenvalue weighted by atomic mass is 19.4. The van der Waals surface area contributed by atoms with Gasteiger partial charge in [-0.15, -0.1) is 0 Å². The molecule has 0 aliphatic carbocycles. The number of rotatable bonds is 1. The lowest BCUT2D eigenvalue weighted by Crippen LogP contribution is -2.52. The summed E-state index contributed by atoms with van der Waals surface area (Å²) in [6, 6.07) is 4.10. The highest BCUT2D eigenvalue weighted by Gasteiger charge is 2.62. The van der Waals surface area contributed by atoms with Crippen molar-refractivity contribution in [1.82, 2.24) is 4.98 Å². The molecule has 2 nitrogen and oxygen atoms in total. The second kappa shape index (κ2) is 3.73. The minimum atomic E-state index is -4.76. The van der Waals surface area contributed by atoms with E-state index in [4.69, 9.17) is 0 Å². The van der Waals surface area contributed by atoms with Gasteiger partial charge < -0.3 is 5.11 Å². The Kier molecular flexibility index (Phi) is 3.02. The smallest absolute Gasteiger partial charge is 0.375 e. The van der Waals surface area contributed by atoms with Crippen molar-refractivity contribution in [2.24, 2.45) is 5.41 Å². The summed E-state index contributed by atoms with van der Waals surface area (Å²) < 4.78 is 39.0. The van der Waals surface area contributed by atoms with Gasteiger partial charge in [0, 0.05) is 11.6 Å². The first kappa shape index (κ1) is 13.0. The zero-order valence-corrected chi connectivity index (χ0v) is 9.34. The second-order valence-electron chi connectivity index (χ2n) is 4.67. The molecular formula is C11H14F3NO. The van der Waals surface area contributed by atoms with Crippen LogP contribution in [0.3, 0.4) is 0 Å². The number of nitrogens with zero attached hydrogens (tertiary/aromatic N) is 1.